The quantitative estimate of drug-likeness (QED) is 0.536. The molecular weight excluding hydrogens is 450 g/mol. The zero-order chi connectivity index (χ0) is 24.9. The minimum atomic E-state index is -0.378. The van der Waals surface area contributed by atoms with Crippen LogP contribution in [-0.2, 0) is 16.1 Å². The number of hydrogen-bond acceptors (Lipinski definition) is 5. The van der Waals surface area contributed by atoms with E-state index in [1.165, 1.54) is 38.5 Å². The average Bonchev–Trinajstić information content (AvgIpc) is 3.41. The molecule has 3 aliphatic rings. The van der Waals surface area contributed by atoms with E-state index in [1.54, 1.807) is 6.20 Å². The summed E-state index contributed by atoms with van der Waals surface area (Å²) in [6.07, 6.45) is 15.3. The molecule has 7 nitrogen and oxygen atoms in total. The van der Waals surface area contributed by atoms with Crippen molar-refractivity contribution in [1.82, 2.24) is 20.5 Å². The number of nitrogens with zero attached hydrogens (tertiary/aromatic N) is 2. The van der Waals surface area contributed by atoms with Gasteiger partial charge in [-0.25, -0.2) is 4.98 Å². The molecule has 2 amide bonds. The second-order valence-corrected chi connectivity index (χ2v) is 11.0. The fraction of sp³-hybridized carbons (Fsp3) is 0.621. The number of pyridine rings is 1. The van der Waals surface area contributed by atoms with E-state index >= 15 is 0 Å². The number of hydrogen-bond donors (Lipinski definition) is 3. The number of benzene rings is 1. The lowest BCUT2D eigenvalue weighted by Gasteiger charge is -2.37. The van der Waals surface area contributed by atoms with Crippen LogP contribution in [0.4, 0.5) is 5.82 Å². The highest BCUT2D eigenvalue weighted by molar-refractivity contribution is 5.92. The largest absolute Gasteiger partial charge is 0.383 e. The summed E-state index contributed by atoms with van der Waals surface area (Å²) in [5, 5.41) is 8.83. The van der Waals surface area contributed by atoms with Crippen molar-refractivity contribution in [3.63, 3.8) is 0 Å². The van der Waals surface area contributed by atoms with Crippen molar-refractivity contribution < 1.29 is 9.59 Å². The van der Waals surface area contributed by atoms with Crippen LogP contribution in [0.5, 0.6) is 0 Å². The fourth-order valence-electron chi connectivity index (χ4n) is 6.55. The van der Waals surface area contributed by atoms with Gasteiger partial charge in [-0.2, -0.15) is 0 Å². The first-order chi connectivity index (χ1) is 17.6. The maximum Gasteiger partial charge on any atom is 0.243 e. The maximum absolute atomic E-state index is 14.0. The van der Waals surface area contributed by atoms with Gasteiger partial charge in [0.15, 0.2) is 0 Å². The van der Waals surface area contributed by atoms with Crippen LogP contribution < -0.4 is 16.4 Å². The van der Waals surface area contributed by atoms with Crippen molar-refractivity contribution in [3.8, 4) is 0 Å². The molecule has 2 heterocycles. The number of rotatable bonds is 7. The van der Waals surface area contributed by atoms with Crippen molar-refractivity contribution in [2.75, 3.05) is 12.3 Å². The summed E-state index contributed by atoms with van der Waals surface area (Å²) < 4.78 is 0. The van der Waals surface area contributed by atoms with Crippen molar-refractivity contribution in [1.29, 1.82) is 0 Å². The lowest BCUT2D eigenvalue weighted by molar-refractivity contribution is -0.141. The Labute approximate surface area is 214 Å². The molecule has 1 saturated heterocycles. The fourth-order valence-corrected chi connectivity index (χ4v) is 6.55. The highest BCUT2D eigenvalue weighted by Gasteiger charge is 2.40. The Morgan fingerprint density at radius 3 is 2.50 bits per heavy atom. The molecule has 0 radical (unpaired) electrons. The van der Waals surface area contributed by atoms with E-state index in [0.717, 1.165) is 54.9 Å². The molecule has 1 aromatic carbocycles. The van der Waals surface area contributed by atoms with Crippen molar-refractivity contribution in [2.45, 2.75) is 102 Å². The third-order valence-electron chi connectivity index (χ3n) is 8.57. The van der Waals surface area contributed by atoms with Gasteiger partial charge in [0.25, 0.3) is 0 Å². The molecule has 0 spiro atoms. The van der Waals surface area contributed by atoms with Crippen LogP contribution in [0.1, 0.15) is 82.6 Å². The first kappa shape index (κ1) is 25.0. The Morgan fingerprint density at radius 1 is 0.972 bits per heavy atom. The zero-order valence-corrected chi connectivity index (χ0v) is 21.4. The first-order valence-corrected chi connectivity index (χ1v) is 14.1. The number of nitrogen functional groups attached to an aromatic ring is 1. The van der Waals surface area contributed by atoms with E-state index in [4.69, 9.17) is 5.73 Å². The van der Waals surface area contributed by atoms with Gasteiger partial charge in [0, 0.05) is 30.7 Å². The summed E-state index contributed by atoms with van der Waals surface area (Å²) >= 11 is 0. The second kappa shape index (κ2) is 11.6. The molecule has 7 heteroatoms. The molecule has 2 saturated carbocycles. The number of amides is 2. The van der Waals surface area contributed by atoms with Crippen LogP contribution in [0, 0.1) is 5.92 Å². The normalized spacial score (nSPS) is 22.6. The van der Waals surface area contributed by atoms with Gasteiger partial charge in [0.05, 0.1) is 6.04 Å². The number of aromatic nitrogens is 1. The van der Waals surface area contributed by atoms with E-state index in [9.17, 15) is 9.59 Å². The molecule has 5 rings (SSSR count). The highest BCUT2D eigenvalue weighted by Crippen LogP contribution is 2.31. The Morgan fingerprint density at radius 2 is 1.72 bits per heavy atom. The average molecular weight is 492 g/mol. The van der Waals surface area contributed by atoms with E-state index in [-0.39, 0.29) is 23.9 Å². The molecule has 0 unspecified atom stereocenters. The third-order valence-corrected chi connectivity index (χ3v) is 8.57. The maximum atomic E-state index is 14.0. The van der Waals surface area contributed by atoms with Gasteiger partial charge in [0.1, 0.15) is 11.9 Å². The summed E-state index contributed by atoms with van der Waals surface area (Å²) in [4.78, 5) is 33.3. The number of likely N-dealkylation sites (tertiary alicyclic amines) is 1. The molecule has 2 aromatic rings. The van der Waals surface area contributed by atoms with Gasteiger partial charge in [-0.1, -0.05) is 50.7 Å². The Bertz CT molecular complexity index is 1060. The second-order valence-electron chi connectivity index (χ2n) is 11.0. The van der Waals surface area contributed by atoms with Crippen LogP contribution in [0.2, 0.25) is 0 Å². The van der Waals surface area contributed by atoms with Gasteiger partial charge in [-0.3, -0.25) is 9.59 Å². The molecule has 1 aromatic heterocycles. The Hall–Kier alpha value is -2.67. The minimum Gasteiger partial charge on any atom is -0.383 e. The molecule has 2 aliphatic carbocycles. The van der Waals surface area contributed by atoms with E-state index < -0.39 is 0 Å². The molecule has 36 heavy (non-hydrogen) atoms. The monoisotopic (exact) mass is 491 g/mol. The van der Waals surface area contributed by atoms with Gasteiger partial charge in [-0.05, 0) is 67.5 Å². The van der Waals surface area contributed by atoms with Crippen molar-refractivity contribution >= 4 is 28.4 Å². The van der Waals surface area contributed by atoms with Crippen LogP contribution >= 0.6 is 0 Å². The first-order valence-electron chi connectivity index (χ1n) is 14.1. The van der Waals surface area contributed by atoms with Crippen LogP contribution in [-0.4, -0.2) is 46.4 Å². The van der Waals surface area contributed by atoms with Crippen LogP contribution in [0.15, 0.2) is 30.5 Å². The van der Waals surface area contributed by atoms with Gasteiger partial charge in [0.2, 0.25) is 11.8 Å². The SMILES string of the molecule is Nc1nccc2cc(CNC(=O)[C@@H]3CCCN3C(=O)[C@H](NC3CCCCC3)C3CCCCC3)ccc12. The molecule has 4 N–H and O–H groups in total. The van der Waals surface area contributed by atoms with Gasteiger partial charge in [-0.15, -0.1) is 0 Å². The minimum absolute atomic E-state index is 0.0461. The van der Waals surface area contributed by atoms with E-state index in [2.05, 4.69) is 15.6 Å². The third kappa shape index (κ3) is 5.66. The standard InChI is InChI=1S/C29H41N5O2/c30-27-24-14-13-20(18-22(24)15-16-31-27)19-32-28(35)25-12-7-17-34(25)29(36)26(21-8-3-1-4-9-21)33-23-10-5-2-6-11-23/h13-16,18,21,23,25-26,33H,1-12,17,19H2,(H2,30,31)(H,32,35)/t25-,26+/m0/s1. The Balaban J connectivity index is 1.25. The molecule has 194 valence electrons. The molecular formula is C29H41N5O2. The van der Waals surface area contributed by atoms with Crippen molar-refractivity contribution in [3.05, 3.63) is 36.0 Å². The molecule has 0 bridgehead atoms. The number of anilines is 1. The Kier molecular flexibility index (Phi) is 8.05. The van der Waals surface area contributed by atoms with Crippen molar-refractivity contribution in [2.24, 2.45) is 5.92 Å². The number of carbonyl (C=O) groups excluding carboxylic acids is 2. The summed E-state index contributed by atoms with van der Waals surface area (Å²) in [6, 6.07) is 7.80. The van der Waals surface area contributed by atoms with E-state index in [1.807, 2.05) is 29.2 Å². The lowest BCUT2D eigenvalue weighted by atomic mass is 9.82. The smallest absolute Gasteiger partial charge is 0.243 e. The van der Waals surface area contributed by atoms with Crippen LogP contribution in [0.3, 0.4) is 0 Å². The summed E-state index contributed by atoms with van der Waals surface area (Å²) in [5.74, 6) is 1.00. The summed E-state index contributed by atoms with van der Waals surface area (Å²) in [7, 11) is 0. The molecule has 1 aliphatic heterocycles. The molecule has 2 atom stereocenters. The number of nitrogens with two attached hydrogens (primary N) is 1. The summed E-state index contributed by atoms with van der Waals surface area (Å²) in [6.45, 7) is 1.11. The number of nitrogens with one attached hydrogen (secondary N) is 2. The predicted molar refractivity (Wildman–Crippen MR) is 143 cm³/mol. The summed E-state index contributed by atoms with van der Waals surface area (Å²) in [5.41, 5.74) is 6.98. The predicted octanol–water partition coefficient (Wildman–Crippen LogP) is 4.30. The van der Waals surface area contributed by atoms with Gasteiger partial charge >= 0.3 is 0 Å². The van der Waals surface area contributed by atoms with Crippen LogP contribution in [0.25, 0.3) is 10.8 Å². The van der Waals surface area contributed by atoms with Gasteiger partial charge < -0.3 is 21.3 Å². The zero-order valence-electron chi connectivity index (χ0n) is 21.4. The van der Waals surface area contributed by atoms with E-state index in [0.29, 0.717) is 30.9 Å². The topological polar surface area (TPSA) is 100 Å². The lowest BCUT2D eigenvalue weighted by Crippen LogP contribution is -2.57. The number of carbonyl (C=O) groups is 2. The highest BCUT2D eigenvalue weighted by atomic mass is 16.2. The molecule has 3 fully saturated rings. The number of fused-ring (bicyclic) bond motifs is 1.